The van der Waals surface area contributed by atoms with Crippen molar-refractivity contribution < 1.29 is 14.3 Å². The average molecular weight is 312 g/mol. The van der Waals surface area contributed by atoms with Gasteiger partial charge in [-0.2, -0.15) is 0 Å². The van der Waals surface area contributed by atoms with Crippen molar-refractivity contribution in [1.29, 1.82) is 0 Å². The third kappa shape index (κ3) is 4.17. The highest BCUT2D eigenvalue weighted by molar-refractivity contribution is 6.31. The van der Waals surface area contributed by atoms with E-state index in [1.165, 1.54) is 0 Å². The molecule has 1 heterocycles. The largest absolute Gasteiger partial charge is 0.370 e. The Hall–Kier alpha value is -1.63. The molecule has 0 aliphatic carbocycles. The van der Waals surface area contributed by atoms with Gasteiger partial charge in [-0.05, 0) is 6.07 Å². The van der Waals surface area contributed by atoms with E-state index in [0.717, 1.165) is 5.56 Å². The quantitative estimate of drug-likeness (QED) is 0.838. The Balaban J connectivity index is 1.96. The minimum absolute atomic E-state index is 0.0503. The van der Waals surface area contributed by atoms with Crippen molar-refractivity contribution in [2.45, 2.75) is 6.10 Å². The Labute approximate surface area is 128 Å². The van der Waals surface area contributed by atoms with Gasteiger partial charge < -0.3 is 20.7 Å². The van der Waals surface area contributed by atoms with Gasteiger partial charge in [0.25, 0.3) is 0 Å². The number of benzene rings is 1. The molecule has 1 aromatic carbocycles. The summed E-state index contributed by atoms with van der Waals surface area (Å²) in [5.74, 6) is -0.503. The molecule has 7 heteroatoms. The SMILES string of the molecule is NCC(=O)NCC(=O)N1CCOC(c2ccccc2Cl)C1. The number of carbonyl (C=O) groups excluding carboxylic acids is 2. The van der Waals surface area contributed by atoms with Crippen molar-refractivity contribution in [2.75, 3.05) is 32.8 Å². The lowest BCUT2D eigenvalue weighted by Gasteiger charge is -2.33. The van der Waals surface area contributed by atoms with Crippen LogP contribution in [0.2, 0.25) is 5.02 Å². The summed E-state index contributed by atoms with van der Waals surface area (Å²) in [4.78, 5) is 24.8. The third-order valence-electron chi connectivity index (χ3n) is 3.29. The number of nitrogens with two attached hydrogens (primary N) is 1. The first-order chi connectivity index (χ1) is 10.1. The van der Waals surface area contributed by atoms with Crippen LogP contribution in [-0.4, -0.2) is 49.5 Å². The molecule has 21 heavy (non-hydrogen) atoms. The minimum Gasteiger partial charge on any atom is -0.370 e. The summed E-state index contributed by atoms with van der Waals surface area (Å²) in [5, 5.41) is 3.09. The number of halogens is 1. The molecule has 1 aliphatic heterocycles. The lowest BCUT2D eigenvalue weighted by Crippen LogP contribution is -2.47. The molecule has 1 fully saturated rings. The van der Waals surface area contributed by atoms with Gasteiger partial charge in [0, 0.05) is 17.1 Å². The van der Waals surface area contributed by atoms with E-state index in [1.54, 1.807) is 11.0 Å². The maximum atomic E-state index is 12.1. The maximum Gasteiger partial charge on any atom is 0.242 e. The Morgan fingerprint density at radius 1 is 1.43 bits per heavy atom. The second kappa shape index (κ2) is 7.40. The maximum absolute atomic E-state index is 12.1. The number of hydrogen-bond acceptors (Lipinski definition) is 4. The van der Waals surface area contributed by atoms with E-state index < -0.39 is 0 Å². The van der Waals surface area contributed by atoms with Gasteiger partial charge in [-0.15, -0.1) is 0 Å². The monoisotopic (exact) mass is 311 g/mol. The smallest absolute Gasteiger partial charge is 0.242 e. The topological polar surface area (TPSA) is 84.7 Å². The van der Waals surface area contributed by atoms with Crippen LogP contribution < -0.4 is 11.1 Å². The van der Waals surface area contributed by atoms with Crippen LogP contribution in [-0.2, 0) is 14.3 Å². The lowest BCUT2D eigenvalue weighted by atomic mass is 10.1. The predicted molar refractivity (Wildman–Crippen MR) is 78.8 cm³/mol. The van der Waals surface area contributed by atoms with E-state index in [2.05, 4.69) is 5.32 Å². The summed E-state index contributed by atoms with van der Waals surface area (Å²) in [6.07, 6.45) is -0.249. The second-order valence-electron chi connectivity index (χ2n) is 4.70. The molecule has 6 nitrogen and oxygen atoms in total. The van der Waals surface area contributed by atoms with Crippen LogP contribution in [0.25, 0.3) is 0 Å². The molecule has 2 rings (SSSR count). The molecule has 1 aromatic rings. The first-order valence-electron chi connectivity index (χ1n) is 6.72. The Morgan fingerprint density at radius 3 is 2.90 bits per heavy atom. The molecular formula is C14H18ClN3O3. The Bertz CT molecular complexity index is 524. The van der Waals surface area contributed by atoms with E-state index in [-0.39, 0.29) is 31.0 Å². The van der Waals surface area contributed by atoms with Crippen molar-refractivity contribution >= 4 is 23.4 Å². The van der Waals surface area contributed by atoms with Crippen molar-refractivity contribution in [2.24, 2.45) is 5.73 Å². The van der Waals surface area contributed by atoms with Gasteiger partial charge in [0.1, 0.15) is 6.10 Å². The molecule has 1 atom stereocenters. The van der Waals surface area contributed by atoms with Crippen LogP contribution >= 0.6 is 11.6 Å². The molecule has 1 saturated heterocycles. The summed E-state index contributed by atoms with van der Waals surface area (Å²) in [6, 6.07) is 7.41. The molecule has 0 spiro atoms. The van der Waals surface area contributed by atoms with Crippen molar-refractivity contribution in [3.8, 4) is 0 Å². The standard InChI is InChI=1S/C14H18ClN3O3/c15-11-4-2-1-3-10(11)12-9-18(5-6-21-12)14(20)8-17-13(19)7-16/h1-4,12H,5-9,16H2,(H,17,19). The third-order valence-corrected chi connectivity index (χ3v) is 3.64. The first kappa shape index (κ1) is 15.8. The molecule has 2 amide bonds. The number of ether oxygens (including phenoxy) is 1. The molecule has 0 aromatic heterocycles. The van der Waals surface area contributed by atoms with Gasteiger partial charge in [0.05, 0.1) is 26.2 Å². The molecule has 3 N–H and O–H groups in total. The lowest BCUT2D eigenvalue weighted by molar-refractivity contribution is -0.139. The van der Waals surface area contributed by atoms with Crippen LogP contribution in [0.15, 0.2) is 24.3 Å². The van der Waals surface area contributed by atoms with Crippen LogP contribution in [0.3, 0.4) is 0 Å². The van der Waals surface area contributed by atoms with Crippen molar-refractivity contribution in [3.05, 3.63) is 34.9 Å². The van der Waals surface area contributed by atoms with Crippen LogP contribution in [0, 0.1) is 0 Å². The Kier molecular flexibility index (Phi) is 5.55. The zero-order valence-electron chi connectivity index (χ0n) is 11.5. The van der Waals surface area contributed by atoms with Gasteiger partial charge in [0.2, 0.25) is 11.8 Å². The van der Waals surface area contributed by atoms with E-state index in [1.807, 2.05) is 18.2 Å². The number of morpholine rings is 1. The second-order valence-corrected chi connectivity index (χ2v) is 5.11. The van der Waals surface area contributed by atoms with Crippen LogP contribution in [0.4, 0.5) is 0 Å². The highest BCUT2D eigenvalue weighted by Crippen LogP contribution is 2.28. The number of rotatable bonds is 4. The number of carbonyl (C=O) groups is 2. The zero-order valence-corrected chi connectivity index (χ0v) is 12.3. The van der Waals surface area contributed by atoms with Gasteiger partial charge in [-0.25, -0.2) is 0 Å². The highest BCUT2D eigenvalue weighted by Gasteiger charge is 2.26. The number of amides is 2. The zero-order chi connectivity index (χ0) is 15.2. The molecule has 0 radical (unpaired) electrons. The van der Waals surface area contributed by atoms with Gasteiger partial charge in [-0.3, -0.25) is 9.59 Å². The van der Waals surface area contributed by atoms with E-state index in [0.29, 0.717) is 24.7 Å². The number of nitrogens with zero attached hydrogens (tertiary/aromatic N) is 1. The summed E-state index contributed by atoms with van der Waals surface area (Å²) < 4.78 is 5.69. The molecule has 1 unspecified atom stereocenters. The van der Waals surface area contributed by atoms with Crippen molar-refractivity contribution in [1.82, 2.24) is 10.2 Å². The first-order valence-corrected chi connectivity index (χ1v) is 7.10. The van der Waals surface area contributed by atoms with Gasteiger partial charge >= 0.3 is 0 Å². The molecule has 1 aliphatic rings. The summed E-state index contributed by atoms with van der Waals surface area (Å²) in [7, 11) is 0. The minimum atomic E-state index is -0.348. The predicted octanol–water partition coefficient (Wildman–Crippen LogP) is 0.315. The fourth-order valence-electron chi connectivity index (χ4n) is 2.16. The summed E-state index contributed by atoms with van der Waals surface area (Å²) >= 11 is 6.15. The Morgan fingerprint density at radius 2 is 2.19 bits per heavy atom. The van der Waals surface area contributed by atoms with E-state index in [4.69, 9.17) is 22.1 Å². The fraction of sp³-hybridized carbons (Fsp3) is 0.429. The molecule has 0 saturated carbocycles. The molecule has 114 valence electrons. The van der Waals surface area contributed by atoms with Crippen molar-refractivity contribution in [3.63, 3.8) is 0 Å². The van der Waals surface area contributed by atoms with E-state index >= 15 is 0 Å². The van der Waals surface area contributed by atoms with E-state index in [9.17, 15) is 9.59 Å². The molecular weight excluding hydrogens is 294 g/mol. The fourth-order valence-corrected chi connectivity index (χ4v) is 2.42. The van der Waals surface area contributed by atoms with Gasteiger partial charge in [-0.1, -0.05) is 29.8 Å². The number of nitrogens with one attached hydrogen (secondary N) is 1. The molecule has 0 bridgehead atoms. The highest BCUT2D eigenvalue weighted by atomic mass is 35.5. The number of hydrogen-bond donors (Lipinski definition) is 2. The normalized spacial score (nSPS) is 18.4. The van der Waals surface area contributed by atoms with Gasteiger partial charge in [0.15, 0.2) is 0 Å². The average Bonchev–Trinajstić information content (AvgIpc) is 2.52. The van der Waals surface area contributed by atoms with Crippen LogP contribution in [0.1, 0.15) is 11.7 Å². The van der Waals surface area contributed by atoms with Crippen LogP contribution in [0.5, 0.6) is 0 Å². The summed E-state index contributed by atoms with van der Waals surface area (Å²) in [6.45, 7) is 1.18. The summed E-state index contributed by atoms with van der Waals surface area (Å²) in [5.41, 5.74) is 6.04.